The number of carbonyl (C=O) groups excluding carboxylic acids is 1. The third-order valence-corrected chi connectivity index (χ3v) is 17.5. The molecule has 0 aliphatic carbocycles. The number of pyridine rings is 1. The molecule has 3 nitrogen and oxygen atoms in total. The molecule has 6 aromatic rings. The van der Waals surface area contributed by atoms with Gasteiger partial charge in [0.2, 0.25) is 0 Å². The molecule has 0 atom stereocenters. The van der Waals surface area contributed by atoms with Crippen molar-refractivity contribution in [3.05, 3.63) is 144 Å². The number of aryl methyl sites for hydroxylation is 2. The summed E-state index contributed by atoms with van der Waals surface area (Å²) in [6, 6.07) is 36.1. The molecule has 2 N–H and O–H groups in total. The maximum Gasteiger partial charge on any atom is 0.416 e. The minimum atomic E-state index is -4.56. The number of fused-ring (bicyclic) bond motifs is 3. The van der Waals surface area contributed by atoms with Crippen LogP contribution in [0.4, 0.5) is 13.2 Å². The Kier molecular flexibility index (Phi) is 15.9. The Morgan fingerprint density at radius 3 is 1.80 bits per heavy atom. The topological polar surface area (TPSA) is 54.5 Å². The molecule has 6 rings (SSSR count). The zero-order valence-electron chi connectivity index (χ0n) is 35.8. The molecule has 59 heavy (non-hydrogen) atoms. The Balaban J connectivity index is 0.000000411. The van der Waals surface area contributed by atoms with E-state index in [2.05, 4.69) is 31.8 Å². The van der Waals surface area contributed by atoms with Gasteiger partial charge in [-0.05, 0) is 85.7 Å². The van der Waals surface area contributed by atoms with Crippen LogP contribution >= 0.6 is 0 Å². The molecule has 0 fully saturated rings. The number of aromatic nitrogens is 1. The maximum absolute atomic E-state index is 15.4. The van der Waals surface area contributed by atoms with Gasteiger partial charge in [-0.25, -0.2) is 0 Å². The molecule has 8 heteroatoms. The van der Waals surface area contributed by atoms with E-state index in [1.165, 1.54) is 6.07 Å². The molecule has 0 amide bonds. The quantitative estimate of drug-likeness (QED) is 0.0267. The Hall–Kier alpha value is -4.36. The largest absolute Gasteiger partial charge is 0.512 e. The van der Waals surface area contributed by atoms with Gasteiger partial charge in [-0.3, -0.25) is 4.79 Å². The van der Waals surface area contributed by atoms with E-state index in [-0.39, 0.29) is 31.9 Å². The van der Waals surface area contributed by atoms with Crippen LogP contribution in [0, 0.1) is 31.7 Å². The van der Waals surface area contributed by atoms with E-state index in [1.807, 2.05) is 139 Å². The molecule has 0 unspecified atom stereocenters. The zero-order valence-corrected chi connectivity index (χ0v) is 39.2. The smallest absolute Gasteiger partial charge is 0.416 e. The van der Waals surface area contributed by atoms with Crippen molar-refractivity contribution in [2.45, 2.75) is 99.2 Å². The number of nitrogens with zero attached hydrogens (tertiary/aromatic N) is 1. The van der Waals surface area contributed by atoms with Crippen molar-refractivity contribution < 1.29 is 43.2 Å². The van der Waals surface area contributed by atoms with Crippen LogP contribution in [0.15, 0.2) is 121 Å². The van der Waals surface area contributed by atoms with Gasteiger partial charge in [-0.1, -0.05) is 141 Å². The van der Waals surface area contributed by atoms with Gasteiger partial charge < -0.3 is 10.1 Å². The fourth-order valence-electron chi connectivity index (χ4n) is 8.75. The first-order chi connectivity index (χ1) is 27.5. The van der Waals surface area contributed by atoms with Gasteiger partial charge in [0, 0.05) is 32.2 Å². The summed E-state index contributed by atoms with van der Waals surface area (Å²) in [4.78, 5) is 14.5. The number of aliphatic hydroxyl groups excluding tert-OH is 1. The number of aliphatic hydroxyl groups is 1. The zero-order chi connectivity index (χ0) is 42.4. The molecule has 0 bridgehead atoms. The van der Waals surface area contributed by atoms with Crippen molar-refractivity contribution in [3.63, 3.8) is 0 Å². The number of benzene rings is 5. The van der Waals surface area contributed by atoms with Crippen LogP contribution in [-0.4, -0.2) is 28.7 Å². The molecule has 313 valence electrons. The Morgan fingerprint density at radius 2 is 1.31 bits per heavy atom. The van der Waals surface area contributed by atoms with Gasteiger partial charge in [0.25, 0.3) is 0 Å². The number of ketones is 1. The van der Waals surface area contributed by atoms with E-state index >= 15 is 13.2 Å². The molecular weight excluding hydrogens is 936 g/mol. The van der Waals surface area contributed by atoms with Crippen LogP contribution in [0.1, 0.15) is 90.8 Å². The van der Waals surface area contributed by atoms with Gasteiger partial charge in [0.05, 0.1) is 17.6 Å². The van der Waals surface area contributed by atoms with Gasteiger partial charge >= 0.3 is 12.0 Å². The Labute approximate surface area is 363 Å². The number of alkyl halides is 3. The molecule has 1 aromatic heterocycles. The molecule has 0 spiro atoms. The summed E-state index contributed by atoms with van der Waals surface area (Å²) in [7, 11) is -3.28. The second-order valence-corrected chi connectivity index (χ2v) is 21.1. The molecular formula is C51H58F3IrNO2Si. The summed E-state index contributed by atoms with van der Waals surface area (Å²) in [5.41, 5.74) is 3.06. The minimum absolute atomic E-state index is 0. The van der Waals surface area contributed by atoms with E-state index in [4.69, 9.17) is 0 Å². The molecule has 5 aromatic carbocycles. The molecule has 0 saturated carbocycles. The number of hydrogen-bond acceptors (Lipinski definition) is 2. The van der Waals surface area contributed by atoms with Crippen molar-refractivity contribution in [1.29, 1.82) is 0 Å². The summed E-state index contributed by atoms with van der Waals surface area (Å²) in [6.45, 7) is 18.5. The normalized spacial score (nSPS) is 12.4. The third kappa shape index (κ3) is 9.99. The first-order valence-electron chi connectivity index (χ1n) is 20.5. The second-order valence-electron chi connectivity index (χ2n) is 16.4. The van der Waals surface area contributed by atoms with Crippen LogP contribution in [-0.2, 0) is 26.3 Å². The molecule has 0 saturated heterocycles. The Morgan fingerprint density at radius 1 is 0.746 bits per heavy atom. The average Bonchev–Trinajstić information content (AvgIpc) is 3.18. The van der Waals surface area contributed by atoms with Crippen molar-refractivity contribution in [2.24, 2.45) is 11.8 Å². The SMILES string of the molecule is CCC(CC)C(=[OH+])/C=C(\O)C(CC)CC.Cc1[c-]c(-c2nccc3c2ccc2cc([Si](c4ccccc4)(c4ccccc4)C(C)(C)C)c(C(F)(F)F)cc23)cc(C)c1.[Ir]. The fraction of sp³-hybridized carbons (Fsp3) is 0.333. The number of halogens is 3. The number of rotatable bonds is 11. The second kappa shape index (κ2) is 19.8. The van der Waals surface area contributed by atoms with Crippen molar-refractivity contribution in [2.75, 3.05) is 0 Å². The molecule has 0 aliphatic heterocycles. The van der Waals surface area contributed by atoms with E-state index < -0.39 is 24.9 Å². The molecule has 1 heterocycles. The van der Waals surface area contributed by atoms with Crippen molar-refractivity contribution in [3.8, 4) is 11.3 Å². The molecule has 1 radical (unpaired) electrons. The number of hydrogen-bond donors (Lipinski definition) is 1. The van der Waals surface area contributed by atoms with Crippen LogP contribution in [0.2, 0.25) is 5.04 Å². The predicted octanol–water partition coefficient (Wildman–Crippen LogP) is 12.6. The van der Waals surface area contributed by atoms with Crippen molar-refractivity contribution in [1.82, 2.24) is 4.98 Å². The van der Waals surface area contributed by atoms with Crippen LogP contribution in [0.25, 0.3) is 32.8 Å². The average molecular weight is 994 g/mol. The van der Waals surface area contributed by atoms with Crippen LogP contribution in [0.3, 0.4) is 0 Å². The molecule has 0 aliphatic rings. The van der Waals surface area contributed by atoms with E-state index in [0.29, 0.717) is 22.1 Å². The monoisotopic (exact) mass is 994 g/mol. The van der Waals surface area contributed by atoms with Crippen LogP contribution < -0.4 is 15.6 Å². The number of allylic oxidation sites excluding steroid dienone is 2. The van der Waals surface area contributed by atoms with E-state index in [9.17, 15) is 9.90 Å². The third-order valence-electron chi connectivity index (χ3n) is 11.7. The fourth-order valence-corrected chi connectivity index (χ4v) is 14.6. The van der Waals surface area contributed by atoms with Gasteiger partial charge in [0.1, 0.15) is 5.76 Å². The first-order valence-corrected chi connectivity index (χ1v) is 22.5. The van der Waals surface area contributed by atoms with Gasteiger partial charge in [-0.2, -0.15) is 13.2 Å². The Bertz CT molecular complexity index is 2320. The summed E-state index contributed by atoms with van der Waals surface area (Å²) in [5.74, 6) is 1.01. The summed E-state index contributed by atoms with van der Waals surface area (Å²) >= 11 is 0. The minimum Gasteiger partial charge on any atom is -0.512 e. The van der Waals surface area contributed by atoms with Gasteiger partial charge in [0.15, 0.2) is 8.07 Å². The summed E-state index contributed by atoms with van der Waals surface area (Å²) in [5, 5.41) is 14.5. The predicted molar refractivity (Wildman–Crippen MR) is 241 cm³/mol. The van der Waals surface area contributed by atoms with E-state index in [0.717, 1.165) is 74.6 Å². The van der Waals surface area contributed by atoms with E-state index in [1.54, 1.807) is 12.3 Å². The maximum atomic E-state index is 15.4. The standard InChI is InChI=1S/C38H33F3NSi.C13H24O2.Ir/c1-25-20-26(2)22-28(21-25)36-32-17-16-27-23-35(34(38(39,40)41)24-33(27)31(32)18-19-42-36)43(37(3,4)5,29-12-8-6-9-13-29)30-14-10-7-11-15-30;1-5-10(6-2)12(14)9-13(15)11(7-3)8-4;/h6-21,23-24H,1-5H3;9-11,14H,5-8H2,1-4H3;/q-1;;/p+1/b;12-9-;. The van der Waals surface area contributed by atoms with Gasteiger partial charge in [-0.15, -0.1) is 34.9 Å². The summed E-state index contributed by atoms with van der Waals surface area (Å²) < 4.78 is 46.1. The first kappa shape index (κ1) is 47.3. The summed E-state index contributed by atoms with van der Waals surface area (Å²) in [6.07, 6.45) is 2.32. The van der Waals surface area contributed by atoms with Crippen molar-refractivity contribution >= 4 is 51.0 Å². The van der Waals surface area contributed by atoms with Crippen LogP contribution in [0.5, 0.6) is 0 Å².